The zero-order valence-electron chi connectivity index (χ0n) is 12.4. The van der Waals surface area contributed by atoms with Gasteiger partial charge in [0.15, 0.2) is 0 Å². The number of urea groups is 2. The first kappa shape index (κ1) is 16.5. The number of carbonyl (C=O) groups is 2. The first-order chi connectivity index (χ1) is 9.19. The summed E-state index contributed by atoms with van der Waals surface area (Å²) in [5, 5.41) is 5.59. The van der Waals surface area contributed by atoms with E-state index in [2.05, 4.69) is 36.8 Å². The van der Waals surface area contributed by atoms with Crippen LogP contribution in [0.5, 0.6) is 0 Å². The highest BCUT2D eigenvalue weighted by Crippen LogP contribution is 2.45. The number of hydrazine groups is 2. The van der Waals surface area contributed by atoms with Crippen molar-refractivity contribution in [2.24, 2.45) is 22.5 Å². The van der Waals surface area contributed by atoms with Gasteiger partial charge in [0.2, 0.25) is 0 Å². The molecule has 0 aliphatic heterocycles. The first-order valence-electron chi connectivity index (χ1n) is 6.71. The maximum absolute atomic E-state index is 11.4. The molecule has 1 fully saturated rings. The van der Waals surface area contributed by atoms with Crippen molar-refractivity contribution in [3.63, 3.8) is 0 Å². The van der Waals surface area contributed by atoms with Crippen LogP contribution >= 0.6 is 0 Å². The molecule has 2 atom stereocenters. The van der Waals surface area contributed by atoms with Gasteiger partial charge in [-0.3, -0.25) is 10.9 Å². The van der Waals surface area contributed by atoms with Gasteiger partial charge in [0.1, 0.15) is 0 Å². The summed E-state index contributed by atoms with van der Waals surface area (Å²) in [6.07, 6.45) is 2.60. The van der Waals surface area contributed by atoms with Crippen molar-refractivity contribution in [3.8, 4) is 0 Å². The molecule has 20 heavy (non-hydrogen) atoms. The Morgan fingerprint density at radius 3 is 2.25 bits per heavy atom. The molecule has 2 unspecified atom stereocenters. The fourth-order valence-electron chi connectivity index (χ4n) is 3.44. The summed E-state index contributed by atoms with van der Waals surface area (Å²) in [5.74, 6) is 10.2. The lowest BCUT2D eigenvalue weighted by atomic mass is 9.62. The molecule has 0 aromatic rings. The van der Waals surface area contributed by atoms with Crippen LogP contribution in [0.1, 0.15) is 40.0 Å². The summed E-state index contributed by atoms with van der Waals surface area (Å²) < 4.78 is 0. The molecule has 0 aromatic heterocycles. The van der Waals surface area contributed by atoms with E-state index < -0.39 is 6.03 Å². The smallest absolute Gasteiger partial charge is 0.329 e. The monoisotopic (exact) mass is 286 g/mol. The molecule has 0 bridgehead atoms. The number of carbonyl (C=O) groups excluding carboxylic acids is 2. The van der Waals surface area contributed by atoms with E-state index in [1.54, 1.807) is 0 Å². The number of nitrogens with two attached hydrogens (primary N) is 2. The van der Waals surface area contributed by atoms with Gasteiger partial charge < -0.3 is 10.6 Å². The lowest BCUT2D eigenvalue weighted by molar-refractivity contribution is 0.0749. The molecule has 4 amide bonds. The number of amides is 4. The molecule has 0 saturated heterocycles. The zero-order valence-corrected chi connectivity index (χ0v) is 12.4. The lowest BCUT2D eigenvalue weighted by Crippen LogP contribution is -2.54. The van der Waals surface area contributed by atoms with Crippen molar-refractivity contribution in [2.45, 2.75) is 46.1 Å². The second kappa shape index (κ2) is 6.27. The van der Waals surface area contributed by atoms with Gasteiger partial charge >= 0.3 is 12.1 Å². The van der Waals surface area contributed by atoms with E-state index in [0.717, 1.165) is 19.3 Å². The van der Waals surface area contributed by atoms with E-state index in [-0.39, 0.29) is 22.9 Å². The molecule has 1 aliphatic carbocycles. The third-order valence-electron chi connectivity index (χ3n) is 3.72. The summed E-state index contributed by atoms with van der Waals surface area (Å²) in [6.45, 7) is 6.91. The van der Waals surface area contributed by atoms with Crippen molar-refractivity contribution in [3.05, 3.63) is 0 Å². The van der Waals surface area contributed by atoms with Gasteiger partial charge in [0, 0.05) is 12.6 Å². The van der Waals surface area contributed by atoms with Crippen LogP contribution in [0.3, 0.4) is 0 Å². The number of hydrogen-bond acceptors (Lipinski definition) is 4. The molecule has 116 valence electrons. The quantitative estimate of drug-likeness (QED) is 0.246. The third-order valence-corrected chi connectivity index (χ3v) is 3.72. The molecule has 0 spiro atoms. The van der Waals surface area contributed by atoms with Crippen LogP contribution < -0.4 is 33.2 Å². The Bertz CT molecular complexity index is 373. The molecular weight excluding hydrogens is 260 g/mol. The molecule has 8 nitrogen and oxygen atoms in total. The van der Waals surface area contributed by atoms with E-state index >= 15 is 0 Å². The van der Waals surface area contributed by atoms with Gasteiger partial charge in [-0.15, -0.1) is 0 Å². The molecule has 1 aliphatic rings. The van der Waals surface area contributed by atoms with Crippen LogP contribution in [-0.4, -0.2) is 24.6 Å². The minimum Gasteiger partial charge on any atom is -0.337 e. The van der Waals surface area contributed by atoms with Crippen molar-refractivity contribution >= 4 is 12.1 Å². The minimum absolute atomic E-state index is 0.0232. The lowest BCUT2D eigenvalue weighted by Gasteiger charge is -2.46. The number of nitrogens with one attached hydrogen (secondary N) is 4. The number of rotatable bonds is 3. The largest absolute Gasteiger partial charge is 0.337 e. The number of hydrogen-bond donors (Lipinski definition) is 6. The Hall–Kier alpha value is -1.54. The fraction of sp³-hybridized carbons (Fsp3) is 0.833. The van der Waals surface area contributed by atoms with E-state index in [1.165, 1.54) is 0 Å². The summed E-state index contributed by atoms with van der Waals surface area (Å²) in [7, 11) is 0. The molecule has 8 heteroatoms. The van der Waals surface area contributed by atoms with Crippen LogP contribution in [0.15, 0.2) is 0 Å². The van der Waals surface area contributed by atoms with Crippen LogP contribution in [0.25, 0.3) is 0 Å². The Labute approximate surface area is 119 Å². The van der Waals surface area contributed by atoms with E-state index in [9.17, 15) is 9.59 Å². The average Bonchev–Trinajstić information content (AvgIpc) is 2.33. The van der Waals surface area contributed by atoms with Crippen LogP contribution in [0.4, 0.5) is 9.59 Å². The van der Waals surface area contributed by atoms with E-state index in [1.807, 2.05) is 5.43 Å². The summed E-state index contributed by atoms with van der Waals surface area (Å²) in [6, 6.07) is -0.767. The van der Waals surface area contributed by atoms with Crippen LogP contribution in [-0.2, 0) is 0 Å². The van der Waals surface area contributed by atoms with Gasteiger partial charge in [-0.05, 0) is 30.1 Å². The summed E-state index contributed by atoms with van der Waals surface area (Å²) in [5.41, 5.74) is 4.09. The highest BCUT2D eigenvalue weighted by molar-refractivity contribution is 5.73. The average molecular weight is 286 g/mol. The Morgan fingerprint density at radius 1 is 1.10 bits per heavy atom. The maximum Gasteiger partial charge on any atom is 0.329 e. The van der Waals surface area contributed by atoms with Crippen LogP contribution in [0.2, 0.25) is 0 Å². The highest BCUT2D eigenvalue weighted by atomic mass is 16.2. The van der Waals surface area contributed by atoms with E-state index in [4.69, 9.17) is 11.7 Å². The van der Waals surface area contributed by atoms with Crippen molar-refractivity contribution in [1.29, 1.82) is 0 Å². The highest BCUT2D eigenvalue weighted by Gasteiger charge is 2.41. The van der Waals surface area contributed by atoms with Gasteiger partial charge in [-0.25, -0.2) is 21.3 Å². The van der Waals surface area contributed by atoms with Gasteiger partial charge in [-0.1, -0.05) is 20.8 Å². The molecule has 1 saturated carbocycles. The van der Waals surface area contributed by atoms with Gasteiger partial charge in [-0.2, -0.15) is 0 Å². The molecule has 0 heterocycles. The Balaban J connectivity index is 2.70. The fourth-order valence-corrected chi connectivity index (χ4v) is 3.44. The molecule has 8 N–H and O–H groups in total. The molecule has 0 radical (unpaired) electrons. The topological polar surface area (TPSA) is 134 Å². The maximum atomic E-state index is 11.4. The Kier molecular flexibility index (Phi) is 5.18. The Morgan fingerprint density at radius 2 is 1.70 bits per heavy atom. The van der Waals surface area contributed by atoms with E-state index in [0.29, 0.717) is 6.54 Å². The molecular formula is C12H26N6O2. The minimum atomic E-state index is -0.404. The van der Waals surface area contributed by atoms with Crippen molar-refractivity contribution < 1.29 is 9.59 Å². The predicted molar refractivity (Wildman–Crippen MR) is 76.1 cm³/mol. The SMILES string of the molecule is CC1(C)CC(NC(=O)NN)CC(C)(CNC(=O)NN)C1. The summed E-state index contributed by atoms with van der Waals surface area (Å²) >= 11 is 0. The van der Waals surface area contributed by atoms with Gasteiger partial charge in [0.05, 0.1) is 0 Å². The summed E-state index contributed by atoms with van der Waals surface area (Å²) in [4.78, 5) is 22.6. The second-order valence-corrected chi connectivity index (χ2v) is 6.70. The van der Waals surface area contributed by atoms with Gasteiger partial charge in [0.25, 0.3) is 0 Å². The van der Waals surface area contributed by atoms with Crippen molar-refractivity contribution in [1.82, 2.24) is 21.5 Å². The second-order valence-electron chi connectivity index (χ2n) is 6.70. The molecule has 1 rings (SSSR count). The third kappa shape index (κ3) is 4.86. The predicted octanol–water partition coefficient (Wildman–Crippen LogP) is -0.0828. The first-order valence-corrected chi connectivity index (χ1v) is 6.71. The van der Waals surface area contributed by atoms with Crippen LogP contribution in [0, 0.1) is 10.8 Å². The molecule has 0 aromatic carbocycles. The normalized spacial score (nSPS) is 28.4. The zero-order chi connectivity index (χ0) is 15.4. The standard InChI is InChI=1S/C12H26N6O2/c1-11(2)4-8(16-10(20)18-14)5-12(3,6-11)7-15-9(19)17-13/h8H,4-7,13-14H2,1-3H3,(H2,15,17,19)(H2,16,18,20). The van der Waals surface area contributed by atoms with Crippen molar-refractivity contribution in [2.75, 3.05) is 6.54 Å².